The van der Waals surface area contributed by atoms with Crippen LogP contribution in [0.15, 0.2) is 109 Å². The van der Waals surface area contributed by atoms with E-state index in [0.29, 0.717) is 6.04 Å². The van der Waals surface area contributed by atoms with Crippen LogP contribution in [0.3, 0.4) is 0 Å². The Morgan fingerprint density at radius 2 is 0.951 bits per heavy atom. The highest BCUT2D eigenvalue weighted by Gasteiger charge is 2.15. The van der Waals surface area contributed by atoms with Crippen LogP contribution in [0.2, 0.25) is 0 Å². The van der Waals surface area contributed by atoms with Gasteiger partial charge in [-0.05, 0) is 119 Å². The lowest BCUT2D eigenvalue weighted by Gasteiger charge is -2.27. The van der Waals surface area contributed by atoms with Crippen LogP contribution in [0.4, 0.5) is 34.1 Å². The lowest BCUT2D eigenvalue weighted by Crippen LogP contribution is -2.30. The predicted molar refractivity (Wildman–Crippen MR) is 182 cm³/mol. The molecule has 1 atom stereocenters. The SMILES string of the molecule is CC(C)CCC(C)Nc1ccc(Nc2ccccc2)cc1.CCCC(C)(C)Nc1ccc(Nc2ccccc2)cc1. The first-order valence-corrected chi connectivity index (χ1v) is 15.1. The minimum atomic E-state index is 0.142. The Balaban J connectivity index is 0.000000226. The quantitative estimate of drug-likeness (QED) is 0.134. The summed E-state index contributed by atoms with van der Waals surface area (Å²) < 4.78 is 0. The first-order chi connectivity index (χ1) is 19.7. The largest absolute Gasteiger partial charge is 0.383 e. The van der Waals surface area contributed by atoms with Gasteiger partial charge < -0.3 is 21.3 Å². The van der Waals surface area contributed by atoms with Crippen LogP contribution in [0.25, 0.3) is 0 Å². The number of para-hydroxylation sites is 2. The molecule has 0 aliphatic carbocycles. The van der Waals surface area contributed by atoms with Crippen LogP contribution in [-0.4, -0.2) is 11.6 Å². The summed E-state index contributed by atoms with van der Waals surface area (Å²) in [6.45, 7) is 13.5. The van der Waals surface area contributed by atoms with Crippen LogP contribution in [0.5, 0.6) is 0 Å². The van der Waals surface area contributed by atoms with Crippen molar-refractivity contribution >= 4 is 34.1 Å². The minimum absolute atomic E-state index is 0.142. The van der Waals surface area contributed by atoms with Gasteiger partial charge in [0.2, 0.25) is 0 Å². The molecule has 0 radical (unpaired) electrons. The van der Waals surface area contributed by atoms with Crippen molar-refractivity contribution in [3.8, 4) is 0 Å². The van der Waals surface area contributed by atoms with Gasteiger partial charge in [0.1, 0.15) is 0 Å². The number of benzene rings is 4. The van der Waals surface area contributed by atoms with Gasteiger partial charge in [0.25, 0.3) is 0 Å². The minimum Gasteiger partial charge on any atom is -0.383 e. The third-order valence-electron chi connectivity index (χ3n) is 6.84. The fraction of sp³-hybridized carbons (Fsp3) is 0.351. The van der Waals surface area contributed by atoms with E-state index in [2.05, 4.69) is 136 Å². The molecule has 4 nitrogen and oxygen atoms in total. The second kappa shape index (κ2) is 16.4. The molecule has 0 amide bonds. The van der Waals surface area contributed by atoms with Crippen LogP contribution in [-0.2, 0) is 0 Å². The maximum atomic E-state index is 3.58. The number of rotatable bonds is 13. The maximum Gasteiger partial charge on any atom is 0.0385 e. The molecule has 4 heteroatoms. The summed E-state index contributed by atoms with van der Waals surface area (Å²) in [5.41, 5.74) is 6.94. The topological polar surface area (TPSA) is 48.1 Å². The van der Waals surface area contributed by atoms with Crippen molar-refractivity contribution in [2.24, 2.45) is 5.92 Å². The van der Waals surface area contributed by atoms with Crippen molar-refractivity contribution in [3.63, 3.8) is 0 Å². The molecule has 0 bridgehead atoms. The highest BCUT2D eigenvalue weighted by molar-refractivity contribution is 5.63. The van der Waals surface area contributed by atoms with E-state index in [0.717, 1.165) is 35.1 Å². The van der Waals surface area contributed by atoms with Gasteiger partial charge in [0, 0.05) is 45.7 Å². The molecule has 1 unspecified atom stereocenters. The van der Waals surface area contributed by atoms with E-state index in [-0.39, 0.29) is 5.54 Å². The Hall–Kier alpha value is -3.92. The second-order valence-electron chi connectivity index (χ2n) is 11.9. The maximum absolute atomic E-state index is 3.58. The summed E-state index contributed by atoms with van der Waals surface area (Å²) >= 11 is 0. The molecular weight excluding hydrogens is 500 g/mol. The predicted octanol–water partition coefficient (Wildman–Crippen LogP) is 11.1. The van der Waals surface area contributed by atoms with E-state index in [4.69, 9.17) is 0 Å². The van der Waals surface area contributed by atoms with Gasteiger partial charge in [-0.1, -0.05) is 63.6 Å². The molecule has 41 heavy (non-hydrogen) atoms. The number of nitrogens with one attached hydrogen (secondary N) is 4. The van der Waals surface area contributed by atoms with Crippen molar-refractivity contribution in [1.29, 1.82) is 0 Å². The highest BCUT2D eigenvalue weighted by Crippen LogP contribution is 2.23. The highest BCUT2D eigenvalue weighted by atomic mass is 15.0. The lowest BCUT2D eigenvalue weighted by atomic mass is 9.98. The molecule has 0 saturated carbocycles. The smallest absolute Gasteiger partial charge is 0.0385 e. The zero-order valence-corrected chi connectivity index (χ0v) is 25.9. The van der Waals surface area contributed by atoms with Gasteiger partial charge in [-0.2, -0.15) is 0 Å². The normalized spacial score (nSPS) is 11.7. The first kappa shape index (κ1) is 31.6. The number of hydrogen-bond donors (Lipinski definition) is 4. The van der Waals surface area contributed by atoms with E-state index in [9.17, 15) is 0 Å². The molecule has 0 heterocycles. The zero-order valence-electron chi connectivity index (χ0n) is 25.9. The summed E-state index contributed by atoms with van der Waals surface area (Å²) in [6, 6.07) is 37.9. The third-order valence-corrected chi connectivity index (χ3v) is 6.84. The van der Waals surface area contributed by atoms with Gasteiger partial charge in [-0.15, -0.1) is 0 Å². The molecule has 0 aliphatic rings. The third kappa shape index (κ3) is 12.4. The fourth-order valence-electron chi connectivity index (χ4n) is 4.68. The molecule has 0 saturated heterocycles. The van der Waals surface area contributed by atoms with Gasteiger partial charge in [-0.3, -0.25) is 0 Å². The molecular formula is C37H50N4. The second-order valence-corrected chi connectivity index (χ2v) is 11.9. The number of anilines is 6. The van der Waals surface area contributed by atoms with Crippen LogP contribution < -0.4 is 21.3 Å². The first-order valence-electron chi connectivity index (χ1n) is 15.1. The molecule has 4 rings (SSSR count). The van der Waals surface area contributed by atoms with E-state index >= 15 is 0 Å². The van der Waals surface area contributed by atoms with Gasteiger partial charge in [-0.25, -0.2) is 0 Å². The molecule has 4 N–H and O–H groups in total. The Morgan fingerprint density at radius 1 is 0.537 bits per heavy atom. The summed E-state index contributed by atoms with van der Waals surface area (Å²) in [4.78, 5) is 0. The Bertz CT molecular complexity index is 1230. The Kier molecular flexibility index (Phi) is 12.6. The van der Waals surface area contributed by atoms with Gasteiger partial charge in [0.05, 0.1) is 0 Å². The Morgan fingerprint density at radius 3 is 1.39 bits per heavy atom. The van der Waals surface area contributed by atoms with Crippen LogP contribution >= 0.6 is 0 Å². The lowest BCUT2D eigenvalue weighted by molar-refractivity contribution is 0.511. The summed E-state index contributed by atoms with van der Waals surface area (Å²) in [5, 5.41) is 13.9. The van der Waals surface area contributed by atoms with Gasteiger partial charge >= 0.3 is 0 Å². The monoisotopic (exact) mass is 550 g/mol. The fourth-order valence-corrected chi connectivity index (χ4v) is 4.68. The van der Waals surface area contributed by atoms with Crippen molar-refractivity contribution in [2.75, 3.05) is 21.3 Å². The van der Waals surface area contributed by atoms with Crippen molar-refractivity contribution in [2.45, 2.75) is 78.8 Å². The summed E-state index contributed by atoms with van der Waals surface area (Å²) in [7, 11) is 0. The van der Waals surface area contributed by atoms with E-state index in [1.165, 1.54) is 30.6 Å². The summed E-state index contributed by atoms with van der Waals surface area (Å²) in [6.07, 6.45) is 4.83. The average molecular weight is 551 g/mol. The molecule has 0 spiro atoms. The molecule has 0 aromatic heterocycles. The molecule has 0 fully saturated rings. The molecule has 4 aromatic carbocycles. The van der Waals surface area contributed by atoms with E-state index in [1.807, 2.05) is 36.4 Å². The van der Waals surface area contributed by atoms with Crippen LogP contribution in [0.1, 0.15) is 67.2 Å². The van der Waals surface area contributed by atoms with Crippen molar-refractivity contribution in [3.05, 3.63) is 109 Å². The van der Waals surface area contributed by atoms with E-state index in [1.54, 1.807) is 0 Å². The Labute approximate surface area is 249 Å². The van der Waals surface area contributed by atoms with E-state index < -0.39 is 0 Å². The van der Waals surface area contributed by atoms with Crippen molar-refractivity contribution < 1.29 is 0 Å². The van der Waals surface area contributed by atoms with Gasteiger partial charge in [0.15, 0.2) is 0 Å². The summed E-state index contributed by atoms with van der Waals surface area (Å²) in [5.74, 6) is 0.770. The van der Waals surface area contributed by atoms with Crippen molar-refractivity contribution in [1.82, 2.24) is 0 Å². The molecule has 0 aliphatic heterocycles. The molecule has 4 aromatic rings. The van der Waals surface area contributed by atoms with Crippen LogP contribution in [0, 0.1) is 5.92 Å². The standard InChI is InChI=1S/C19H26N2.C18H24N2/c1-15(2)9-10-16(3)20-18-11-13-19(14-12-18)21-17-7-5-4-6-8-17;1-4-14-18(2,3)20-17-12-10-16(11-13-17)19-15-8-6-5-7-9-15/h4-8,11-16,20-21H,9-10H2,1-3H3;5-13,19-20H,4,14H2,1-3H3. The molecule has 218 valence electrons. The number of hydrogen-bond acceptors (Lipinski definition) is 4. The average Bonchev–Trinajstić information content (AvgIpc) is 2.95. The zero-order chi connectivity index (χ0) is 29.5.